The highest BCUT2D eigenvalue weighted by Gasteiger charge is 2.27. The average molecular weight is 290 g/mol. The molecule has 21 heavy (non-hydrogen) atoms. The molecule has 0 aliphatic carbocycles. The number of rotatable bonds is 6. The number of benzene rings is 1. The van der Waals surface area contributed by atoms with Gasteiger partial charge >= 0.3 is 5.97 Å². The molecule has 1 saturated heterocycles. The molecule has 0 aromatic heterocycles. The van der Waals surface area contributed by atoms with E-state index in [9.17, 15) is 4.79 Å². The number of carbonyl (C=O) groups is 1. The van der Waals surface area contributed by atoms with Crippen LogP contribution in [-0.2, 0) is 9.53 Å². The molecule has 0 bridgehead atoms. The van der Waals surface area contributed by atoms with E-state index in [-0.39, 0.29) is 11.9 Å². The van der Waals surface area contributed by atoms with Crippen LogP contribution in [0.5, 0.6) is 0 Å². The van der Waals surface area contributed by atoms with Crippen LogP contribution in [0.1, 0.15) is 30.7 Å². The van der Waals surface area contributed by atoms with Crippen molar-refractivity contribution in [3.8, 4) is 0 Å². The van der Waals surface area contributed by atoms with Crippen molar-refractivity contribution in [1.82, 2.24) is 4.90 Å². The largest absolute Gasteiger partial charge is 0.469 e. The molecule has 4 heteroatoms. The Labute approximate surface area is 127 Å². The number of nitrogens with zero attached hydrogens (tertiary/aromatic N) is 1. The number of piperidine rings is 1. The second kappa shape index (κ2) is 8.15. The van der Waals surface area contributed by atoms with Crippen molar-refractivity contribution in [1.29, 1.82) is 0 Å². The van der Waals surface area contributed by atoms with E-state index in [0.29, 0.717) is 5.92 Å². The summed E-state index contributed by atoms with van der Waals surface area (Å²) in [6.07, 6.45) is 3.51. The SMILES string of the molecule is COC(=O)C(CN1CCCC(CCN)C1)c1ccccc1. The number of likely N-dealkylation sites (tertiary alicyclic amines) is 1. The highest BCUT2D eigenvalue weighted by molar-refractivity contribution is 5.78. The Morgan fingerprint density at radius 1 is 1.43 bits per heavy atom. The van der Waals surface area contributed by atoms with E-state index in [2.05, 4.69) is 4.90 Å². The van der Waals surface area contributed by atoms with E-state index in [1.165, 1.54) is 20.0 Å². The van der Waals surface area contributed by atoms with Gasteiger partial charge in [0.25, 0.3) is 0 Å². The van der Waals surface area contributed by atoms with Crippen LogP contribution in [-0.4, -0.2) is 44.2 Å². The third-order valence-corrected chi connectivity index (χ3v) is 4.31. The fraction of sp³-hybridized carbons (Fsp3) is 0.588. The predicted octanol–water partition coefficient (Wildman–Crippen LogP) is 2.00. The second-order valence-corrected chi connectivity index (χ2v) is 5.83. The summed E-state index contributed by atoms with van der Waals surface area (Å²) in [7, 11) is 1.46. The van der Waals surface area contributed by atoms with Gasteiger partial charge in [0.05, 0.1) is 13.0 Å². The van der Waals surface area contributed by atoms with Crippen molar-refractivity contribution in [2.45, 2.75) is 25.2 Å². The summed E-state index contributed by atoms with van der Waals surface area (Å²) in [6, 6.07) is 9.92. The van der Waals surface area contributed by atoms with Gasteiger partial charge < -0.3 is 15.4 Å². The first-order valence-corrected chi connectivity index (χ1v) is 7.79. The molecule has 2 N–H and O–H groups in total. The van der Waals surface area contributed by atoms with Crippen LogP contribution in [0.25, 0.3) is 0 Å². The molecule has 1 aliphatic heterocycles. The van der Waals surface area contributed by atoms with Gasteiger partial charge in [0.15, 0.2) is 0 Å². The minimum absolute atomic E-state index is 0.151. The minimum Gasteiger partial charge on any atom is -0.469 e. The molecular weight excluding hydrogens is 264 g/mol. The minimum atomic E-state index is -0.201. The first-order chi connectivity index (χ1) is 10.2. The van der Waals surface area contributed by atoms with Crippen LogP contribution in [0.3, 0.4) is 0 Å². The summed E-state index contributed by atoms with van der Waals surface area (Å²) in [5.74, 6) is 0.313. The molecule has 2 rings (SSSR count). The third-order valence-electron chi connectivity index (χ3n) is 4.31. The van der Waals surface area contributed by atoms with Crippen LogP contribution in [0.2, 0.25) is 0 Å². The molecule has 116 valence electrons. The Balaban J connectivity index is 2.03. The zero-order valence-electron chi connectivity index (χ0n) is 12.8. The lowest BCUT2D eigenvalue weighted by Gasteiger charge is -2.34. The highest BCUT2D eigenvalue weighted by atomic mass is 16.5. The Morgan fingerprint density at radius 2 is 2.19 bits per heavy atom. The van der Waals surface area contributed by atoms with Crippen molar-refractivity contribution in [3.63, 3.8) is 0 Å². The molecule has 1 aliphatic rings. The molecular formula is C17H26N2O2. The first-order valence-electron chi connectivity index (χ1n) is 7.79. The maximum atomic E-state index is 12.1. The third kappa shape index (κ3) is 4.55. The standard InChI is InChI=1S/C17H26N2O2/c1-21-17(20)16(15-7-3-2-4-8-15)13-19-11-5-6-14(12-19)9-10-18/h2-4,7-8,14,16H,5-6,9-13,18H2,1H3. The molecule has 1 heterocycles. The van der Waals surface area contributed by atoms with E-state index in [4.69, 9.17) is 10.5 Å². The summed E-state index contributed by atoms with van der Waals surface area (Å²) < 4.78 is 5.00. The quantitative estimate of drug-likeness (QED) is 0.814. The van der Waals surface area contributed by atoms with E-state index >= 15 is 0 Å². The zero-order valence-corrected chi connectivity index (χ0v) is 12.8. The van der Waals surface area contributed by atoms with Crippen LogP contribution in [0, 0.1) is 5.92 Å². The topological polar surface area (TPSA) is 55.6 Å². The van der Waals surface area contributed by atoms with Crippen LogP contribution in [0.4, 0.5) is 0 Å². The summed E-state index contributed by atoms with van der Waals surface area (Å²) in [5, 5.41) is 0. The molecule has 1 aromatic rings. The Hall–Kier alpha value is -1.39. The van der Waals surface area contributed by atoms with Gasteiger partial charge in [0.2, 0.25) is 0 Å². The van der Waals surface area contributed by atoms with Crippen LogP contribution < -0.4 is 5.73 Å². The number of nitrogens with two attached hydrogens (primary N) is 1. The fourth-order valence-electron chi connectivity index (χ4n) is 3.19. The highest BCUT2D eigenvalue weighted by Crippen LogP contribution is 2.24. The normalized spacial score (nSPS) is 21.0. The second-order valence-electron chi connectivity index (χ2n) is 5.83. The Morgan fingerprint density at radius 3 is 2.86 bits per heavy atom. The van der Waals surface area contributed by atoms with Gasteiger partial charge in [-0.1, -0.05) is 30.3 Å². The van der Waals surface area contributed by atoms with Gasteiger partial charge in [-0.25, -0.2) is 0 Å². The van der Waals surface area contributed by atoms with E-state index in [0.717, 1.165) is 38.2 Å². The van der Waals surface area contributed by atoms with Gasteiger partial charge in [-0.05, 0) is 43.8 Å². The monoisotopic (exact) mass is 290 g/mol. The summed E-state index contributed by atoms with van der Waals surface area (Å²) in [4.78, 5) is 14.5. The molecule has 2 unspecified atom stereocenters. The number of hydrogen-bond acceptors (Lipinski definition) is 4. The van der Waals surface area contributed by atoms with Crippen molar-refractivity contribution in [2.75, 3.05) is 33.3 Å². The lowest BCUT2D eigenvalue weighted by Crippen LogP contribution is -2.40. The predicted molar refractivity (Wildman–Crippen MR) is 84.0 cm³/mol. The Bertz CT molecular complexity index is 434. The summed E-state index contributed by atoms with van der Waals surface area (Å²) in [6.45, 7) is 3.58. The number of carbonyl (C=O) groups excluding carboxylic acids is 1. The van der Waals surface area contributed by atoms with Crippen molar-refractivity contribution < 1.29 is 9.53 Å². The molecule has 0 amide bonds. The van der Waals surface area contributed by atoms with Crippen molar-refractivity contribution in [2.24, 2.45) is 11.7 Å². The van der Waals surface area contributed by atoms with Crippen molar-refractivity contribution >= 4 is 5.97 Å². The molecule has 4 nitrogen and oxygen atoms in total. The van der Waals surface area contributed by atoms with Gasteiger partial charge in [-0.2, -0.15) is 0 Å². The zero-order chi connectivity index (χ0) is 15.1. The average Bonchev–Trinajstić information content (AvgIpc) is 2.53. The fourth-order valence-corrected chi connectivity index (χ4v) is 3.19. The lowest BCUT2D eigenvalue weighted by atomic mass is 9.92. The van der Waals surface area contributed by atoms with Gasteiger partial charge in [-0.3, -0.25) is 4.79 Å². The summed E-state index contributed by atoms with van der Waals surface area (Å²) >= 11 is 0. The number of esters is 1. The number of methoxy groups -OCH3 is 1. The van der Waals surface area contributed by atoms with Gasteiger partial charge in [-0.15, -0.1) is 0 Å². The molecule has 0 radical (unpaired) electrons. The Kier molecular flexibility index (Phi) is 6.21. The first kappa shape index (κ1) is 16.0. The smallest absolute Gasteiger partial charge is 0.314 e. The molecule has 0 spiro atoms. The summed E-state index contributed by atoms with van der Waals surface area (Å²) in [5.41, 5.74) is 6.71. The van der Waals surface area contributed by atoms with Crippen LogP contribution in [0.15, 0.2) is 30.3 Å². The maximum Gasteiger partial charge on any atom is 0.314 e. The molecule has 0 saturated carbocycles. The van der Waals surface area contributed by atoms with Crippen molar-refractivity contribution in [3.05, 3.63) is 35.9 Å². The van der Waals surface area contributed by atoms with Crippen LogP contribution >= 0.6 is 0 Å². The molecule has 1 fully saturated rings. The van der Waals surface area contributed by atoms with E-state index < -0.39 is 0 Å². The molecule has 2 atom stereocenters. The lowest BCUT2D eigenvalue weighted by molar-refractivity contribution is -0.143. The number of ether oxygens (including phenoxy) is 1. The van der Waals surface area contributed by atoms with Gasteiger partial charge in [0.1, 0.15) is 0 Å². The molecule has 1 aromatic carbocycles. The van der Waals surface area contributed by atoms with E-state index in [1.54, 1.807) is 0 Å². The number of hydrogen-bond donors (Lipinski definition) is 1. The van der Waals surface area contributed by atoms with Gasteiger partial charge in [0, 0.05) is 13.1 Å². The maximum absolute atomic E-state index is 12.1. The van der Waals surface area contributed by atoms with E-state index in [1.807, 2.05) is 30.3 Å².